The second kappa shape index (κ2) is 7.22. The molecule has 0 aliphatic heterocycles. The third-order valence-corrected chi connectivity index (χ3v) is 3.82. The smallest absolute Gasteiger partial charge is 0.229 e. The predicted molar refractivity (Wildman–Crippen MR) is 80.9 cm³/mol. The van der Waals surface area contributed by atoms with Gasteiger partial charge in [0.15, 0.2) is 5.58 Å². The van der Waals surface area contributed by atoms with Crippen LogP contribution in [0.3, 0.4) is 0 Å². The van der Waals surface area contributed by atoms with Gasteiger partial charge in [0.25, 0.3) is 0 Å². The highest BCUT2D eigenvalue weighted by Gasteiger charge is 2.22. The lowest BCUT2D eigenvalue weighted by Crippen LogP contribution is -2.42. The van der Waals surface area contributed by atoms with E-state index in [0.717, 1.165) is 18.2 Å². The van der Waals surface area contributed by atoms with Crippen LogP contribution in [0.1, 0.15) is 32.4 Å². The van der Waals surface area contributed by atoms with Gasteiger partial charge < -0.3 is 14.5 Å². The molecule has 1 aromatic carbocycles. The Morgan fingerprint density at radius 3 is 2.71 bits per heavy atom. The molecule has 0 atom stereocenters. The van der Waals surface area contributed by atoms with E-state index in [-0.39, 0.29) is 25.0 Å². The van der Waals surface area contributed by atoms with Crippen LogP contribution in [0.5, 0.6) is 0 Å². The lowest BCUT2D eigenvalue weighted by molar-refractivity contribution is -0.133. The highest BCUT2D eigenvalue weighted by atomic mass is 16.5. The van der Waals surface area contributed by atoms with Crippen molar-refractivity contribution in [3.05, 3.63) is 30.0 Å². The Balaban J connectivity index is 2.18. The number of carbonyl (C=O) groups excluding carboxylic acids is 1. The van der Waals surface area contributed by atoms with Crippen LogP contribution < -0.4 is 0 Å². The van der Waals surface area contributed by atoms with Gasteiger partial charge in [-0.2, -0.15) is 0 Å². The first kappa shape index (κ1) is 15.5. The molecule has 0 saturated carbocycles. The largest absolute Gasteiger partial charge is 0.395 e. The summed E-state index contributed by atoms with van der Waals surface area (Å²) in [5.41, 5.74) is 1.35. The number of hydrogen-bond donors (Lipinski definition) is 1. The average molecular weight is 290 g/mol. The van der Waals surface area contributed by atoms with Gasteiger partial charge in [0.2, 0.25) is 5.91 Å². The van der Waals surface area contributed by atoms with Gasteiger partial charge in [-0.15, -0.1) is 0 Å². The van der Waals surface area contributed by atoms with Gasteiger partial charge in [0.05, 0.1) is 13.0 Å². The van der Waals surface area contributed by atoms with E-state index in [9.17, 15) is 9.90 Å². The summed E-state index contributed by atoms with van der Waals surface area (Å²) in [4.78, 5) is 14.3. The zero-order valence-electron chi connectivity index (χ0n) is 12.6. The molecule has 1 N–H and O–H groups in total. The SMILES string of the molecule is CCC(CC)N(CCO)C(=O)Cc1noc2ccccc12. The second-order valence-electron chi connectivity index (χ2n) is 5.08. The van der Waals surface area contributed by atoms with Crippen LogP contribution in [0.4, 0.5) is 0 Å². The summed E-state index contributed by atoms with van der Waals surface area (Å²) in [6.45, 7) is 4.44. The molecule has 0 radical (unpaired) electrons. The Bertz CT molecular complexity index is 590. The Morgan fingerprint density at radius 2 is 2.05 bits per heavy atom. The molecule has 1 heterocycles. The number of aliphatic hydroxyl groups excluding tert-OH is 1. The van der Waals surface area contributed by atoms with Gasteiger partial charge in [-0.1, -0.05) is 31.1 Å². The number of rotatable bonds is 7. The monoisotopic (exact) mass is 290 g/mol. The highest BCUT2D eigenvalue weighted by molar-refractivity contribution is 5.86. The molecule has 2 aromatic rings. The maximum atomic E-state index is 12.5. The predicted octanol–water partition coefficient (Wildman–Crippen LogP) is 2.38. The summed E-state index contributed by atoms with van der Waals surface area (Å²) in [5, 5.41) is 14.1. The van der Waals surface area contributed by atoms with Crippen LogP contribution >= 0.6 is 0 Å². The number of carbonyl (C=O) groups is 1. The van der Waals surface area contributed by atoms with Gasteiger partial charge >= 0.3 is 0 Å². The topological polar surface area (TPSA) is 66.6 Å². The number of amides is 1. The number of hydrogen-bond acceptors (Lipinski definition) is 4. The number of benzene rings is 1. The molecular formula is C16H22N2O3. The minimum atomic E-state index is -0.0260. The minimum Gasteiger partial charge on any atom is -0.395 e. The van der Waals surface area contributed by atoms with E-state index < -0.39 is 0 Å². The van der Waals surface area contributed by atoms with Crippen LogP contribution in [0, 0.1) is 0 Å². The maximum absolute atomic E-state index is 12.5. The molecule has 5 nitrogen and oxygen atoms in total. The summed E-state index contributed by atoms with van der Waals surface area (Å²) in [7, 11) is 0. The molecule has 0 spiro atoms. The molecule has 0 fully saturated rings. The molecule has 21 heavy (non-hydrogen) atoms. The lowest BCUT2D eigenvalue weighted by atomic mass is 10.1. The first-order valence-corrected chi connectivity index (χ1v) is 7.44. The van der Waals surface area contributed by atoms with Crippen molar-refractivity contribution in [1.82, 2.24) is 10.1 Å². The third kappa shape index (κ3) is 3.42. The van der Waals surface area contributed by atoms with Crippen LogP contribution in [0.2, 0.25) is 0 Å². The Kier molecular flexibility index (Phi) is 5.33. The number of nitrogens with zero attached hydrogens (tertiary/aromatic N) is 2. The molecule has 0 saturated heterocycles. The standard InChI is InChI=1S/C16H22N2O3/c1-3-12(4-2)18(9-10-19)16(20)11-14-13-7-5-6-8-15(13)21-17-14/h5-8,12,19H,3-4,9-11H2,1-2H3. The molecule has 1 aromatic heterocycles. The van der Waals surface area contributed by atoms with Crippen molar-refractivity contribution < 1.29 is 14.4 Å². The first-order chi connectivity index (χ1) is 10.2. The Morgan fingerprint density at radius 1 is 1.33 bits per heavy atom. The molecule has 0 aliphatic rings. The van der Waals surface area contributed by atoms with Crippen LogP contribution in [-0.2, 0) is 11.2 Å². The number of para-hydroxylation sites is 1. The van der Waals surface area contributed by atoms with Crippen molar-refractivity contribution in [1.29, 1.82) is 0 Å². The molecule has 2 rings (SSSR count). The normalized spacial score (nSPS) is 11.2. The van der Waals surface area contributed by atoms with Crippen LogP contribution in [0.15, 0.2) is 28.8 Å². The number of aromatic nitrogens is 1. The van der Waals surface area contributed by atoms with Crippen LogP contribution in [-0.4, -0.2) is 40.3 Å². The van der Waals surface area contributed by atoms with Crippen molar-refractivity contribution in [2.24, 2.45) is 0 Å². The fourth-order valence-corrected chi connectivity index (χ4v) is 2.66. The van der Waals surface area contributed by atoms with E-state index in [1.165, 1.54) is 0 Å². The fraction of sp³-hybridized carbons (Fsp3) is 0.500. The number of fused-ring (bicyclic) bond motifs is 1. The van der Waals surface area contributed by atoms with Gasteiger partial charge in [0, 0.05) is 18.0 Å². The van der Waals surface area contributed by atoms with E-state index in [2.05, 4.69) is 19.0 Å². The van der Waals surface area contributed by atoms with Crippen molar-refractivity contribution in [3.8, 4) is 0 Å². The van der Waals surface area contributed by atoms with E-state index in [1.807, 2.05) is 24.3 Å². The van der Waals surface area contributed by atoms with E-state index in [1.54, 1.807) is 4.90 Å². The molecule has 0 aliphatic carbocycles. The summed E-state index contributed by atoms with van der Waals surface area (Å²) < 4.78 is 5.23. The lowest BCUT2D eigenvalue weighted by Gasteiger charge is -2.29. The molecule has 0 bridgehead atoms. The van der Waals surface area contributed by atoms with Crippen LogP contribution in [0.25, 0.3) is 11.0 Å². The summed E-state index contributed by atoms with van der Waals surface area (Å²) in [5.74, 6) is -0.0168. The minimum absolute atomic E-state index is 0.0168. The molecule has 1 amide bonds. The Labute approximate surface area is 124 Å². The molecular weight excluding hydrogens is 268 g/mol. The van der Waals surface area contributed by atoms with Gasteiger partial charge in [-0.25, -0.2) is 0 Å². The van der Waals surface area contributed by atoms with E-state index in [4.69, 9.17) is 4.52 Å². The fourth-order valence-electron chi connectivity index (χ4n) is 2.66. The number of aliphatic hydroxyl groups is 1. The summed E-state index contributed by atoms with van der Waals surface area (Å²) >= 11 is 0. The first-order valence-electron chi connectivity index (χ1n) is 7.44. The van der Waals surface area contributed by atoms with Gasteiger partial charge in [-0.3, -0.25) is 4.79 Å². The summed E-state index contributed by atoms with van der Waals surface area (Å²) in [6.07, 6.45) is 1.96. The maximum Gasteiger partial charge on any atom is 0.229 e. The molecule has 5 heteroatoms. The highest BCUT2D eigenvalue weighted by Crippen LogP contribution is 2.19. The quantitative estimate of drug-likeness (QED) is 0.850. The van der Waals surface area contributed by atoms with Gasteiger partial charge in [0.1, 0.15) is 5.69 Å². The van der Waals surface area contributed by atoms with E-state index in [0.29, 0.717) is 17.8 Å². The zero-order valence-corrected chi connectivity index (χ0v) is 12.6. The van der Waals surface area contributed by atoms with Gasteiger partial charge in [-0.05, 0) is 25.0 Å². The van der Waals surface area contributed by atoms with E-state index >= 15 is 0 Å². The zero-order chi connectivity index (χ0) is 15.2. The Hall–Kier alpha value is -1.88. The van der Waals surface area contributed by atoms with Crippen molar-refractivity contribution in [2.45, 2.75) is 39.2 Å². The summed E-state index contributed by atoms with van der Waals surface area (Å²) in [6, 6.07) is 7.68. The molecule has 114 valence electrons. The van der Waals surface area contributed by atoms with Crippen molar-refractivity contribution in [3.63, 3.8) is 0 Å². The molecule has 0 unspecified atom stereocenters. The third-order valence-electron chi connectivity index (χ3n) is 3.82. The average Bonchev–Trinajstić information content (AvgIpc) is 2.91. The van der Waals surface area contributed by atoms with Crippen molar-refractivity contribution >= 4 is 16.9 Å². The second-order valence-corrected chi connectivity index (χ2v) is 5.08. The van der Waals surface area contributed by atoms with Crippen molar-refractivity contribution in [2.75, 3.05) is 13.2 Å².